The third kappa shape index (κ3) is 2.97. The van der Waals surface area contributed by atoms with Crippen molar-refractivity contribution in [1.29, 1.82) is 0 Å². The van der Waals surface area contributed by atoms with Crippen LogP contribution in [0.3, 0.4) is 0 Å². The molecule has 1 aliphatic rings. The number of carbonyl (C=O) groups excluding carboxylic acids is 1. The number of hydrogen-bond acceptors (Lipinski definition) is 5. The molecular formula is C13H13Cl2N3O3. The fraction of sp³-hybridized carbons (Fsp3) is 0.462. The van der Waals surface area contributed by atoms with Gasteiger partial charge in [-0.2, -0.15) is 0 Å². The smallest absolute Gasteiger partial charge is 0.302 e. The fourth-order valence-corrected chi connectivity index (χ4v) is 2.70. The van der Waals surface area contributed by atoms with Crippen molar-refractivity contribution in [3.05, 3.63) is 22.2 Å². The maximum Gasteiger partial charge on any atom is 0.302 e. The van der Waals surface area contributed by atoms with Gasteiger partial charge in [0, 0.05) is 6.92 Å². The van der Waals surface area contributed by atoms with Gasteiger partial charge in [-0.05, 0) is 25.0 Å². The van der Waals surface area contributed by atoms with Gasteiger partial charge in [0.2, 0.25) is 0 Å². The van der Waals surface area contributed by atoms with Gasteiger partial charge in [0.1, 0.15) is 11.6 Å². The van der Waals surface area contributed by atoms with Crippen molar-refractivity contribution in [3.8, 4) is 0 Å². The summed E-state index contributed by atoms with van der Waals surface area (Å²) in [4.78, 5) is 10.9. The first-order valence-corrected chi connectivity index (χ1v) is 7.29. The molecule has 1 aromatic heterocycles. The number of aromatic nitrogens is 3. The van der Waals surface area contributed by atoms with E-state index in [0.717, 1.165) is 5.52 Å². The summed E-state index contributed by atoms with van der Waals surface area (Å²) in [6, 6.07) is 3.40. The molecule has 21 heavy (non-hydrogen) atoms. The fourth-order valence-electron chi connectivity index (χ4n) is 2.38. The van der Waals surface area contributed by atoms with E-state index in [1.807, 2.05) is 0 Å². The molecule has 2 atom stereocenters. The van der Waals surface area contributed by atoms with Gasteiger partial charge in [0.25, 0.3) is 0 Å². The highest BCUT2D eigenvalue weighted by molar-refractivity contribution is 6.42. The normalized spacial score (nSPS) is 22.4. The number of halogens is 2. The second kappa shape index (κ2) is 5.79. The topological polar surface area (TPSA) is 66.2 Å². The summed E-state index contributed by atoms with van der Waals surface area (Å²) in [5, 5.41) is 9.06. The molecule has 1 aliphatic heterocycles. The largest absolute Gasteiger partial charge is 0.460 e. The highest BCUT2D eigenvalue weighted by atomic mass is 35.5. The zero-order chi connectivity index (χ0) is 15.0. The van der Waals surface area contributed by atoms with Gasteiger partial charge in [-0.3, -0.25) is 4.79 Å². The first kappa shape index (κ1) is 14.6. The minimum absolute atomic E-state index is 0.202. The van der Waals surface area contributed by atoms with Crippen LogP contribution in [-0.4, -0.2) is 33.7 Å². The number of benzene rings is 1. The quantitative estimate of drug-likeness (QED) is 0.792. The monoisotopic (exact) mass is 329 g/mol. The zero-order valence-corrected chi connectivity index (χ0v) is 12.8. The molecule has 0 amide bonds. The lowest BCUT2D eigenvalue weighted by atomic mass is 10.1. The molecule has 0 N–H and O–H groups in total. The molecule has 0 unspecified atom stereocenters. The molecule has 3 rings (SSSR count). The molecule has 2 aromatic rings. The lowest BCUT2D eigenvalue weighted by molar-refractivity contribution is -0.160. The van der Waals surface area contributed by atoms with Crippen molar-refractivity contribution < 1.29 is 14.3 Å². The second-order valence-electron chi connectivity index (χ2n) is 4.89. The number of carbonyl (C=O) groups is 1. The Hall–Kier alpha value is -1.37. The standard InChI is InChI=1S/C13H13Cl2N3O3/c1-7(19)21-8-2-3-13(20-6-8)18-12-5-10(15)9(14)4-11(12)16-17-18/h4-5,8,13H,2-3,6H2,1H3/t8-,13-/m1/s1. The van der Waals surface area contributed by atoms with Gasteiger partial charge >= 0.3 is 5.97 Å². The number of ether oxygens (including phenoxy) is 2. The summed E-state index contributed by atoms with van der Waals surface area (Å²) in [6.45, 7) is 1.73. The van der Waals surface area contributed by atoms with Crippen LogP contribution in [0, 0.1) is 0 Å². The average molecular weight is 330 g/mol. The molecule has 112 valence electrons. The van der Waals surface area contributed by atoms with Gasteiger partial charge in [-0.1, -0.05) is 28.4 Å². The Bertz CT molecular complexity index is 681. The van der Waals surface area contributed by atoms with Gasteiger partial charge in [-0.25, -0.2) is 4.68 Å². The summed E-state index contributed by atoms with van der Waals surface area (Å²) >= 11 is 12.0. The molecule has 1 aromatic carbocycles. The summed E-state index contributed by atoms with van der Waals surface area (Å²) in [5.74, 6) is -0.297. The molecule has 0 saturated carbocycles. The van der Waals surface area contributed by atoms with E-state index in [4.69, 9.17) is 32.7 Å². The molecule has 6 nitrogen and oxygen atoms in total. The Labute approximate surface area is 130 Å². The van der Waals surface area contributed by atoms with Crippen LogP contribution >= 0.6 is 23.2 Å². The number of hydrogen-bond donors (Lipinski definition) is 0. The highest BCUT2D eigenvalue weighted by Gasteiger charge is 2.26. The van der Waals surface area contributed by atoms with Crippen LogP contribution in [0.5, 0.6) is 0 Å². The predicted octanol–water partition coefficient (Wildman–Crippen LogP) is 2.98. The minimum Gasteiger partial charge on any atom is -0.460 e. The summed E-state index contributed by atoms with van der Waals surface area (Å²) in [5.41, 5.74) is 1.43. The Morgan fingerprint density at radius 2 is 2.14 bits per heavy atom. The minimum atomic E-state index is -0.297. The van der Waals surface area contributed by atoms with E-state index in [1.54, 1.807) is 16.8 Å². The first-order valence-electron chi connectivity index (χ1n) is 6.53. The molecule has 0 spiro atoms. The van der Waals surface area contributed by atoms with Gasteiger partial charge in [0.05, 0.1) is 22.2 Å². The highest BCUT2D eigenvalue weighted by Crippen LogP contribution is 2.30. The van der Waals surface area contributed by atoms with Crippen molar-refractivity contribution in [2.24, 2.45) is 0 Å². The van der Waals surface area contributed by atoms with E-state index in [0.29, 0.717) is 35.0 Å². The van der Waals surface area contributed by atoms with Crippen molar-refractivity contribution in [2.45, 2.75) is 32.1 Å². The van der Waals surface area contributed by atoms with Crippen LogP contribution in [0.25, 0.3) is 11.0 Å². The molecule has 1 saturated heterocycles. The van der Waals surface area contributed by atoms with Gasteiger partial charge in [0.15, 0.2) is 6.23 Å². The van der Waals surface area contributed by atoms with Gasteiger partial charge < -0.3 is 9.47 Å². The van der Waals surface area contributed by atoms with E-state index < -0.39 is 0 Å². The maximum absolute atomic E-state index is 10.9. The molecule has 1 fully saturated rings. The number of rotatable bonds is 2. The lowest BCUT2D eigenvalue weighted by Crippen LogP contribution is -2.31. The summed E-state index contributed by atoms with van der Waals surface area (Å²) in [7, 11) is 0. The summed E-state index contributed by atoms with van der Waals surface area (Å²) in [6.07, 6.45) is 0.939. The van der Waals surface area contributed by atoms with E-state index in [-0.39, 0.29) is 18.3 Å². The third-order valence-corrected chi connectivity index (χ3v) is 4.05. The predicted molar refractivity (Wildman–Crippen MR) is 77.3 cm³/mol. The average Bonchev–Trinajstić information content (AvgIpc) is 2.82. The third-order valence-electron chi connectivity index (χ3n) is 3.33. The van der Waals surface area contributed by atoms with E-state index in [9.17, 15) is 4.79 Å². The van der Waals surface area contributed by atoms with Crippen molar-refractivity contribution in [1.82, 2.24) is 15.0 Å². The molecule has 0 bridgehead atoms. The first-order chi connectivity index (χ1) is 10.0. The lowest BCUT2D eigenvalue weighted by Gasteiger charge is -2.28. The Morgan fingerprint density at radius 1 is 1.38 bits per heavy atom. The van der Waals surface area contributed by atoms with Crippen LogP contribution in [0.2, 0.25) is 10.0 Å². The molecule has 0 aliphatic carbocycles. The van der Waals surface area contributed by atoms with Crippen LogP contribution in [0.4, 0.5) is 0 Å². The summed E-state index contributed by atoms with van der Waals surface area (Å²) < 4.78 is 12.5. The van der Waals surface area contributed by atoms with E-state index in [2.05, 4.69) is 10.3 Å². The van der Waals surface area contributed by atoms with Crippen LogP contribution in [0.1, 0.15) is 26.0 Å². The van der Waals surface area contributed by atoms with Crippen molar-refractivity contribution >= 4 is 40.2 Å². The molecule has 0 radical (unpaired) electrons. The zero-order valence-electron chi connectivity index (χ0n) is 11.3. The maximum atomic E-state index is 10.9. The second-order valence-corrected chi connectivity index (χ2v) is 5.70. The number of fused-ring (bicyclic) bond motifs is 1. The Balaban J connectivity index is 1.79. The van der Waals surface area contributed by atoms with E-state index in [1.165, 1.54) is 6.92 Å². The van der Waals surface area contributed by atoms with Crippen molar-refractivity contribution in [2.75, 3.05) is 6.61 Å². The van der Waals surface area contributed by atoms with E-state index >= 15 is 0 Å². The van der Waals surface area contributed by atoms with Crippen molar-refractivity contribution in [3.63, 3.8) is 0 Å². The number of nitrogens with zero attached hydrogens (tertiary/aromatic N) is 3. The van der Waals surface area contributed by atoms with Gasteiger partial charge in [-0.15, -0.1) is 5.10 Å². The van der Waals surface area contributed by atoms with Crippen LogP contribution in [-0.2, 0) is 14.3 Å². The SMILES string of the molecule is CC(=O)O[C@@H]1CC[C@H](n2nnc3cc(Cl)c(Cl)cc32)OC1. The molecule has 8 heteroatoms. The molecule has 2 heterocycles. The van der Waals surface area contributed by atoms with Crippen LogP contribution in [0.15, 0.2) is 12.1 Å². The Kier molecular flexibility index (Phi) is 4.01. The Morgan fingerprint density at radius 3 is 2.81 bits per heavy atom. The van der Waals surface area contributed by atoms with Crippen LogP contribution < -0.4 is 0 Å². The number of esters is 1. The molecular weight excluding hydrogens is 317 g/mol.